The summed E-state index contributed by atoms with van der Waals surface area (Å²) in [5.74, 6) is -0.0293. The van der Waals surface area contributed by atoms with Crippen LogP contribution < -0.4 is 14.4 Å². The van der Waals surface area contributed by atoms with Gasteiger partial charge in [-0.05, 0) is 37.6 Å². The lowest BCUT2D eigenvalue weighted by Gasteiger charge is -2.25. The van der Waals surface area contributed by atoms with Gasteiger partial charge in [0.15, 0.2) is 0 Å². The van der Waals surface area contributed by atoms with Gasteiger partial charge in [0.05, 0.1) is 24.0 Å². The minimum absolute atomic E-state index is 0.108. The number of para-hydroxylation sites is 2. The third kappa shape index (κ3) is 5.64. The summed E-state index contributed by atoms with van der Waals surface area (Å²) in [6.45, 7) is 2.65. The van der Waals surface area contributed by atoms with Crippen LogP contribution in [0.2, 0.25) is 0 Å². The number of rotatable bonds is 10. The first-order valence-corrected chi connectivity index (χ1v) is 11.3. The Balaban J connectivity index is 1.79. The zero-order valence-corrected chi connectivity index (χ0v) is 18.4. The smallest absolute Gasteiger partial charge is 0.264 e. The van der Waals surface area contributed by atoms with E-state index in [0.717, 1.165) is 9.87 Å². The van der Waals surface area contributed by atoms with E-state index in [1.165, 1.54) is 19.2 Å². The zero-order valence-electron chi connectivity index (χ0n) is 17.6. The highest BCUT2D eigenvalue weighted by atomic mass is 32.2. The minimum atomic E-state index is -3.98. The number of nitrogens with one attached hydrogen (secondary N) is 1. The molecule has 0 unspecified atom stereocenters. The van der Waals surface area contributed by atoms with Crippen molar-refractivity contribution in [1.82, 2.24) is 14.9 Å². The first kappa shape index (κ1) is 22.4. The number of hydrogen-bond donors (Lipinski definition) is 1. The van der Waals surface area contributed by atoms with Gasteiger partial charge in [-0.1, -0.05) is 29.8 Å². The van der Waals surface area contributed by atoms with E-state index in [4.69, 9.17) is 4.74 Å². The Morgan fingerprint density at radius 3 is 2.58 bits per heavy atom. The maximum atomic E-state index is 13.4. The van der Waals surface area contributed by atoms with Crippen molar-refractivity contribution in [2.75, 3.05) is 24.5 Å². The Hall–Kier alpha value is -3.33. The SMILES string of the molecule is COc1ccccc1N(CC(=O)NCCCn1ccnc1)S(=O)(=O)c1ccc(C)cc1. The monoisotopic (exact) mass is 442 g/mol. The largest absolute Gasteiger partial charge is 0.495 e. The third-order valence-corrected chi connectivity index (χ3v) is 6.50. The third-order valence-electron chi connectivity index (χ3n) is 4.72. The van der Waals surface area contributed by atoms with E-state index in [2.05, 4.69) is 10.3 Å². The molecule has 0 bridgehead atoms. The summed E-state index contributed by atoms with van der Waals surface area (Å²) >= 11 is 0. The van der Waals surface area contributed by atoms with Gasteiger partial charge in [-0.25, -0.2) is 13.4 Å². The molecule has 8 nitrogen and oxygen atoms in total. The van der Waals surface area contributed by atoms with Crippen molar-refractivity contribution < 1.29 is 17.9 Å². The summed E-state index contributed by atoms with van der Waals surface area (Å²) in [7, 11) is -2.52. The molecule has 1 aromatic heterocycles. The Kier molecular flexibility index (Phi) is 7.30. The lowest BCUT2D eigenvalue weighted by Crippen LogP contribution is -2.41. The molecule has 3 aromatic rings. The highest BCUT2D eigenvalue weighted by molar-refractivity contribution is 7.92. The van der Waals surface area contributed by atoms with Crippen LogP contribution >= 0.6 is 0 Å². The van der Waals surface area contributed by atoms with Crippen molar-refractivity contribution in [3.63, 3.8) is 0 Å². The number of methoxy groups -OCH3 is 1. The fraction of sp³-hybridized carbons (Fsp3) is 0.273. The van der Waals surface area contributed by atoms with Gasteiger partial charge in [0.2, 0.25) is 5.91 Å². The molecule has 0 fully saturated rings. The summed E-state index contributed by atoms with van der Waals surface area (Å²) in [6.07, 6.45) is 5.94. The molecule has 3 rings (SSSR count). The standard InChI is InChI=1S/C22H26N4O4S/c1-18-8-10-19(11-9-18)31(28,29)26(20-6-3-4-7-21(20)30-2)16-22(27)24-12-5-14-25-15-13-23-17-25/h3-4,6-11,13,15,17H,5,12,14,16H2,1-2H3,(H,24,27). The van der Waals surface area contributed by atoms with Crippen LogP contribution in [0.5, 0.6) is 5.75 Å². The number of ether oxygens (including phenoxy) is 1. The lowest BCUT2D eigenvalue weighted by molar-refractivity contribution is -0.119. The van der Waals surface area contributed by atoms with E-state index in [1.807, 2.05) is 17.7 Å². The number of aromatic nitrogens is 2. The van der Waals surface area contributed by atoms with Crippen LogP contribution in [0.1, 0.15) is 12.0 Å². The summed E-state index contributed by atoms with van der Waals surface area (Å²) in [5, 5.41) is 2.80. The number of aryl methyl sites for hydroxylation is 2. The molecule has 9 heteroatoms. The van der Waals surface area contributed by atoms with Crippen molar-refractivity contribution in [3.8, 4) is 5.75 Å². The van der Waals surface area contributed by atoms with Gasteiger partial charge in [0, 0.05) is 25.5 Å². The van der Waals surface area contributed by atoms with E-state index in [-0.39, 0.29) is 11.4 Å². The molecule has 1 amide bonds. The number of sulfonamides is 1. The van der Waals surface area contributed by atoms with Gasteiger partial charge in [0.1, 0.15) is 12.3 Å². The number of hydrogen-bond acceptors (Lipinski definition) is 5. The van der Waals surface area contributed by atoms with Crippen LogP contribution in [0.15, 0.2) is 72.1 Å². The maximum Gasteiger partial charge on any atom is 0.264 e. The maximum absolute atomic E-state index is 13.4. The van der Waals surface area contributed by atoms with Crippen LogP contribution in [0.3, 0.4) is 0 Å². The summed E-state index contributed by atoms with van der Waals surface area (Å²) in [4.78, 5) is 16.7. The molecule has 0 spiro atoms. The van der Waals surface area contributed by atoms with Crippen LogP contribution in [0.25, 0.3) is 0 Å². The molecule has 164 valence electrons. The van der Waals surface area contributed by atoms with Gasteiger partial charge in [-0.15, -0.1) is 0 Å². The van der Waals surface area contributed by atoms with E-state index in [9.17, 15) is 13.2 Å². The van der Waals surface area contributed by atoms with E-state index >= 15 is 0 Å². The van der Waals surface area contributed by atoms with Gasteiger partial charge in [-0.3, -0.25) is 9.10 Å². The van der Waals surface area contributed by atoms with Crippen LogP contribution in [0.4, 0.5) is 5.69 Å². The molecule has 0 aliphatic carbocycles. The molecular formula is C22H26N4O4S. The summed E-state index contributed by atoms with van der Waals surface area (Å²) in [5.41, 5.74) is 1.25. The first-order valence-electron chi connectivity index (χ1n) is 9.86. The van der Waals surface area contributed by atoms with Crippen molar-refractivity contribution >= 4 is 21.6 Å². The van der Waals surface area contributed by atoms with Gasteiger partial charge in [0.25, 0.3) is 10.0 Å². The number of benzene rings is 2. The second-order valence-corrected chi connectivity index (χ2v) is 8.86. The summed E-state index contributed by atoms with van der Waals surface area (Å²) in [6, 6.07) is 13.3. The molecule has 0 saturated heterocycles. The topological polar surface area (TPSA) is 93.5 Å². The number of nitrogens with zero attached hydrogens (tertiary/aromatic N) is 3. The number of imidazole rings is 1. The molecular weight excluding hydrogens is 416 g/mol. The zero-order chi connectivity index (χ0) is 22.3. The fourth-order valence-corrected chi connectivity index (χ4v) is 4.50. The minimum Gasteiger partial charge on any atom is -0.495 e. The van der Waals surface area contributed by atoms with Gasteiger partial charge >= 0.3 is 0 Å². The number of anilines is 1. The Morgan fingerprint density at radius 1 is 1.16 bits per heavy atom. The second kappa shape index (κ2) is 10.1. The molecule has 1 heterocycles. The average molecular weight is 443 g/mol. The first-order chi connectivity index (χ1) is 14.9. The molecule has 1 N–H and O–H groups in total. The Bertz CT molecular complexity index is 1100. The van der Waals surface area contributed by atoms with E-state index in [0.29, 0.717) is 30.9 Å². The normalized spacial score (nSPS) is 11.2. The molecule has 0 atom stereocenters. The van der Waals surface area contributed by atoms with Crippen LogP contribution in [-0.4, -0.2) is 44.1 Å². The lowest BCUT2D eigenvalue weighted by atomic mass is 10.2. The van der Waals surface area contributed by atoms with Crippen LogP contribution in [0, 0.1) is 6.92 Å². The Labute approximate surface area is 182 Å². The van der Waals surface area contributed by atoms with E-state index < -0.39 is 15.9 Å². The summed E-state index contributed by atoms with van der Waals surface area (Å²) < 4.78 is 35.2. The fourth-order valence-electron chi connectivity index (χ4n) is 3.07. The van der Waals surface area contributed by atoms with Crippen molar-refractivity contribution in [1.29, 1.82) is 0 Å². The molecule has 2 aromatic carbocycles. The quantitative estimate of drug-likeness (QED) is 0.487. The molecule has 0 aliphatic heterocycles. The molecule has 0 saturated carbocycles. The second-order valence-electron chi connectivity index (χ2n) is 7.00. The predicted octanol–water partition coefficient (Wildman–Crippen LogP) is 2.60. The van der Waals surface area contributed by atoms with Gasteiger partial charge in [-0.2, -0.15) is 0 Å². The van der Waals surface area contributed by atoms with Crippen molar-refractivity contribution in [2.45, 2.75) is 24.8 Å². The Morgan fingerprint density at radius 2 is 1.90 bits per heavy atom. The van der Waals surface area contributed by atoms with Crippen molar-refractivity contribution in [3.05, 3.63) is 72.8 Å². The number of carbonyl (C=O) groups is 1. The van der Waals surface area contributed by atoms with Gasteiger partial charge < -0.3 is 14.6 Å². The van der Waals surface area contributed by atoms with Crippen molar-refractivity contribution in [2.24, 2.45) is 0 Å². The average Bonchev–Trinajstić information content (AvgIpc) is 3.29. The molecule has 0 aliphatic rings. The number of carbonyl (C=O) groups excluding carboxylic acids is 1. The van der Waals surface area contributed by atoms with E-state index in [1.54, 1.807) is 48.9 Å². The highest BCUT2D eigenvalue weighted by Crippen LogP contribution is 2.32. The molecule has 0 radical (unpaired) electrons. The molecule has 31 heavy (non-hydrogen) atoms. The van der Waals surface area contributed by atoms with Crippen LogP contribution in [-0.2, 0) is 21.4 Å². The predicted molar refractivity (Wildman–Crippen MR) is 119 cm³/mol. The highest BCUT2D eigenvalue weighted by Gasteiger charge is 2.29. The number of amides is 1.